The van der Waals surface area contributed by atoms with Gasteiger partial charge < -0.3 is 4.74 Å². The van der Waals surface area contributed by atoms with E-state index in [0.717, 1.165) is 19.3 Å². The number of sulfonamides is 1. The molecule has 1 aliphatic heterocycles. The van der Waals surface area contributed by atoms with E-state index in [9.17, 15) is 22.8 Å². The number of carbonyl (C=O) groups is 3. The fourth-order valence-corrected chi connectivity index (χ4v) is 5.07. The first-order valence-corrected chi connectivity index (χ1v) is 11.3. The first kappa shape index (κ1) is 21.2. The SMILES string of the molecule is O=C(COC(=O)c1cccc(S(=O)(=O)N2CCCCC2)c1)NC(=O)c1cccs1. The highest BCUT2D eigenvalue weighted by Crippen LogP contribution is 2.21. The first-order valence-electron chi connectivity index (χ1n) is 9.03. The second-order valence-electron chi connectivity index (χ2n) is 6.42. The minimum Gasteiger partial charge on any atom is -0.452 e. The van der Waals surface area contributed by atoms with E-state index in [2.05, 4.69) is 5.32 Å². The number of rotatable bonds is 6. The number of nitrogens with zero attached hydrogens (tertiary/aromatic N) is 1. The van der Waals surface area contributed by atoms with Crippen LogP contribution < -0.4 is 5.32 Å². The van der Waals surface area contributed by atoms with Crippen molar-refractivity contribution in [2.45, 2.75) is 24.2 Å². The monoisotopic (exact) mass is 436 g/mol. The van der Waals surface area contributed by atoms with Crippen molar-refractivity contribution in [2.75, 3.05) is 19.7 Å². The fourth-order valence-electron chi connectivity index (χ4n) is 2.88. The number of imide groups is 1. The van der Waals surface area contributed by atoms with Gasteiger partial charge in [-0.3, -0.25) is 14.9 Å². The van der Waals surface area contributed by atoms with Crippen LogP contribution in [0, 0.1) is 0 Å². The molecule has 0 saturated carbocycles. The lowest BCUT2D eigenvalue weighted by Gasteiger charge is -2.25. The van der Waals surface area contributed by atoms with Gasteiger partial charge in [-0.2, -0.15) is 4.31 Å². The number of amides is 2. The zero-order valence-electron chi connectivity index (χ0n) is 15.5. The van der Waals surface area contributed by atoms with E-state index >= 15 is 0 Å². The molecule has 1 aliphatic rings. The van der Waals surface area contributed by atoms with Gasteiger partial charge in [0, 0.05) is 13.1 Å². The number of ether oxygens (including phenoxy) is 1. The van der Waals surface area contributed by atoms with Gasteiger partial charge in [0.1, 0.15) is 0 Å². The molecule has 1 fully saturated rings. The van der Waals surface area contributed by atoms with Gasteiger partial charge in [-0.05, 0) is 42.5 Å². The summed E-state index contributed by atoms with van der Waals surface area (Å²) < 4.78 is 31.8. The number of nitrogens with one attached hydrogen (secondary N) is 1. The Morgan fingerprint density at radius 3 is 2.52 bits per heavy atom. The molecule has 0 bridgehead atoms. The Morgan fingerprint density at radius 1 is 1.07 bits per heavy atom. The molecular weight excluding hydrogens is 416 g/mol. The van der Waals surface area contributed by atoms with E-state index in [4.69, 9.17) is 4.74 Å². The number of benzene rings is 1. The van der Waals surface area contributed by atoms with E-state index in [1.807, 2.05) is 0 Å². The summed E-state index contributed by atoms with van der Waals surface area (Å²) in [5.74, 6) is -2.19. The zero-order valence-corrected chi connectivity index (χ0v) is 17.1. The maximum absolute atomic E-state index is 12.7. The summed E-state index contributed by atoms with van der Waals surface area (Å²) in [7, 11) is -3.69. The summed E-state index contributed by atoms with van der Waals surface area (Å²) in [6, 6.07) is 8.76. The predicted octanol–water partition coefficient (Wildman–Crippen LogP) is 2.04. The first-order chi connectivity index (χ1) is 13.9. The molecule has 10 heteroatoms. The molecule has 2 heterocycles. The fraction of sp³-hybridized carbons (Fsp3) is 0.316. The van der Waals surface area contributed by atoms with Crippen LogP contribution in [-0.4, -0.2) is 50.2 Å². The van der Waals surface area contributed by atoms with E-state index in [-0.39, 0.29) is 10.5 Å². The lowest BCUT2D eigenvalue weighted by Crippen LogP contribution is -2.35. The van der Waals surface area contributed by atoms with Crippen molar-refractivity contribution in [3.63, 3.8) is 0 Å². The lowest BCUT2D eigenvalue weighted by molar-refractivity contribution is -0.123. The van der Waals surface area contributed by atoms with Crippen molar-refractivity contribution in [3.05, 3.63) is 52.2 Å². The van der Waals surface area contributed by atoms with Crippen molar-refractivity contribution >= 4 is 39.1 Å². The van der Waals surface area contributed by atoms with Gasteiger partial charge in [0.05, 0.1) is 15.3 Å². The standard InChI is InChI=1S/C19H20N2O6S2/c22-17(20-18(23)16-8-5-11-28-16)13-27-19(24)14-6-4-7-15(12-14)29(25,26)21-9-2-1-3-10-21/h4-8,11-12H,1-3,9-10,13H2,(H,20,22,23). The second kappa shape index (κ2) is 9.29. The molecule has 1 N–H and O–H groups in total. The largest absolute Gasteiger partial charge is 0.452 e. The van der Waals surface area contributed by atoms with Crippen LogP contribution >= 0.6 is 11.3 Å². The maximum Gasteiger partial charge on any atom is 0.338 e. The van der Waals surface area contributed by atoms with Gasteiger partial charge in [-0.1, -0.05) is 18.6 Å². The van der Waals surface area contributed by atoms with E-state index in [1.54, 1.807) is 17.5 Å². The molecule has 2 aromatic rings. The predicted molar refractivity (Wildman–Crippen MR) is 106 cm³/mol. The van der Waals surface area contributed by atoms with E-state index in [0.29, 0.717) is 18.0 Å². The van der Waals surface area contributed by atoms with Gasteiger partial charge in [-0.25, -0.2) is 13.2 Å². The molecule has 8 nitrogen and oxygen atoms in total. The molecule has 0 aliphatic carbocycles. The van der Waals surface area contributed by atoms with Crippen LogP contribution in [0.2, 0.25) is 0 Å². The van der Waals surface area contributed by atoms with Crippen LogP contribution in [0.4, 0.5) is 0 Å². The summed E-state index contributed by atoms with van der Waals surface area (Å²) >= 11 is 1.18. The summed E-state index contributed by atoms with van der Waals surface area (Å²) in [4.78, 5) is 36.2. The Balaban J connectivity index is 1.60. The highest BCUT2D eigenvalue weighted by Gasteiger charge is 2.26. The summed E-state index contributed by atoms with van der Waals surface area (Å²) in [6.07, 6.45) is 2.61. The van der Waals surface area contributed by atoms with Crippen molar-refractivity contribution < 1.29 is 27.5 Å². The van der Waals surface area contributed by atoms with Crippen LogP contribution in [0.3, 0.4) is 0 Å². The number of hydrogen-bond donors (Lipinski definition) is 1. The van der Waals surface area contributed by atoms with Gasteiger partial charge >= 0.3 is 5.97 Å². The van der Waals surface area contributed by atoms with Gasteiger partial charge in [0.15, 0.2) is 6.61 Å². The van der Waals surface area contributed by atoms with Gasteiger partial charge in [-0.15, -0.1) is 11.3 Å². The zero-order chi connectivity index (χ0) is 20.9. The molecule has 154 valence electrons. The van der Waals surface area contributed by atoms with E-state index < -0.39 is 34.4 Å². The van der Waals surface area contributed by atoms with Crippen LogP contribution in [-0.2, 0) is 19.6 Å². The summed E-state index contributed by atoms with van der Waals surface area (Å²) in [5, 5.41) is 3.82. The Hall–Kier alpha value is -2.56. The third-order valence-corrected chi connectivity index (χ3v) is 7.12. The molecule has 0 unspecified atom stereocenters. The molecule has 0 spiro atoms. The second-order valence-corrected chi connectivity index (χ2v) is 9.31. The molecule has 0 radical (unpaired) electrons. The van der Waals surface area contributed by atoms with Crippen LogP contribution in [0.1, 0.15) is 39.3 Å². The van der Waals surface area contributed by atoms with Gasteiger partial charge in [0.25, 0.3) is 11.8 Å². The number of hydrogen-bond acceptors (Lipinski definition) is 7. The van der Waals surface area contributed by atoms with Crippen molar-refractivity contribution in [3.8, 4) is 0 Å². The van der Waals surface area contributed by atoms with Crippen molar-refractivity contribution in [1.29, 1.82) is 0 Å². The lowest BCUT2D eigenvalue weighted by atomic mass is 10.2. The quantitative estimate of drug-likeness (QED) is 0.694. The topological polar surface area (TPSA) is 110 Å². The Labute approximate surface area is 172 Å². The summed E-state index contributed by atoms with van der Waals surface area (Å²) in [6.45, 7) is 0.254. The number of esters is 1. The van der Waals surface area contributed by atoms with Crippen molar-refractivity contribution in [2.24, 2.45) is 0 Å². The van der Waals surface area contributed by atoms with Crippen LogP contribution in [0.5, 0.6) is 0 Å². The smallest absolute Gasteiger partial charge is 0.338 e. The molecule has 3 rings (SSSR count). The average Bonchev–Trinajstić information content (AvgIpc) is 3.28. The highest BCUT2D eigenvalue weighted by molar-refractivity contribution is 7.89. The number of piperidine rings is 1. The highest BCUT2D eigenvalue weighted by atomic mass is 32.2. The molecule has 1 saturated heterocycles. The third kappa shape index (κ3) is 5.28. The molecule has 29 heavy (non-hydrogen) atoms. The van der Waals surface area contributed by atoms with Gasteiger partial charge in [0.2, 0.25) is 10.0 Å². The number of carbonyl (C=O) groups excluding carboxylic acids is 3. The third-order valence-electron chi connectivity index (χ3n) is 4.35. The molecular formula is C19H20N2O6S2. The van der Waals surface area contributed by atoms with E-state index in [1.165, 1.54) is 39.9 Å². The number of thiophene rings is 1. The van der Waals surface area contributed by atoms with Crippen molar-refractivity contribution in [1.82, 2.24) is 9.62 Å². The molecule has 2 amide bonds. The molecule has 0 atom stereocenters. The Bertz CT molecular complexity index is 995. The Morgan fingerprint density at radius 2 is 1.83 bits per heavy atom. The minimum atomic E-state index is -3.69. The maximum atomic E-state index is 12.7. The minimum absolute atomic E-state index is 0.00572. The molecule has 1 aromatic carbocycles. The Kier molecular flexibility index (Phi) is 6.78. The normalized spacial score (nSPS) is 14.9. The average molecular weight is 437 g/mol. The van der Waals surface area contributed by atoms with Crippen LogP contribution in [0.15, 0.2) is 46.7 Å². The summed E-state index contributed by atoms with van der Waals surface area (Å²) in [5.41, 5.74) is 0.0143. The van der Waals surface area contributed by atoms with Crippen LogP contribution in [0.25, 0.3) is 0 Å². The molecule has 1 aromatic heterocycles.